The molecule has 2 aromatic carbocycles. The smallest absolute Gasteiger partial charge is 0.122 e. The minimum Gasteiger partial charge on any atom is -0.491 e. The molecule has 21 heavy (non-hydrogen) atoms. The molecule has 0 fully saturated rings. The maximum Gasteiger partial charge on any atom is 0.122 e. The van der Waals surface area contributed by atoms with Crippen molar-refractivity contribution in [3.63, 3.8) is 0 Å². The van der Waals surface area contributed by atoms with Gasteiger partial charge in [0.15, 0.2) is 0 Å². The first-order valence-electron chi connectivity index (χ1n) is 7.66. The molecule has 0 heterocycles. The predicted octanol–water partition coefficient (Wildman–Crippen LogP) is 4.59. The van der Waals surface area contributed by atoms with E-state index in [2.05, 4.69) is 45.0 Å². The number of para-hydroxylation sites is 1. The molecule has 0 aliphatic carbocycles. The molecule has 0 aliphatic heterocycles. The Kier molecular flexibility index (Phi) is 5.40. The minimum absolute atomic E-state index is 0.101. The van der Waals surface area contributed by atoms with Crippen LogP contribution in [0.3, 0.4) is 0 Å². The van der Waals surface area contributed by atoms with Crippen LogP contribution in [0.2, 0.25) is 0 Å². The van der Waals surface area contributed by atoms with Crippen LogP contribution < -0.4 is 10.5 Å². The summed E-state index contributed by atoms with van der Waals surface area (Å²) in [7, 11) is 0. The van der Waals surface area contributed by atoms with Crippen molar-refractivity contribution < 1.29 is 4.74 Å². The molecule has 0 saturated carbocycles. The summed E-state index contributed by atoms with van der Waals surface area (Å²) in [5, 5.41) is 0. The maximum absolute atomic E-state index is 6.28. The monoisotopic (exact) mass is 283 g/mol. The van der Waals surface area contributed by atoms with Gasteiger partial charge in [-0.05, 0) is 42.0 Å². The normalized spacial score (nSPS) is 13.7. The molecule has 0 aromatic heterocycles. The van der Waals surface area contributed by atoms with E-state index >= 15 is 0 Å². The number of nitrogens with two attached hydrogens (primary N) is 1. The summed E-state index contributed by atoms with van der Waals surface area (Å²) in [6, 6.07) is 16.4. The van der Waals surface area contributed by atoms with Crippen LogP contribution in [0.1, 0.15) is 48.9 Å². The van der Waals surface area contributed by atoms with Gasteiger partial charge in [-0.2, -0.15) is 0 Å². The second-order valence-electron chi connectivity index (χ2n) is 5.62. The van der Waals surface area contributed by atoms with Gasteiger partial charge in [-0.25, -0.2) is 0 Å². The summed E-state index contributed by atoms with van der Waals surface area (Å²) < 4.78 is 6.01. The van der Waals surface area contributed by atoms with Crippen LogP contribution in [0.4, 0.5) is 0 Å². The zero-order valence-electron chi connectivity index (χ0n) is 13.2. The molecule has 0 spiro atoms. The van der Waals surface area contributed by atoms with Crippen molar-refractivity contribution in [2.24, 2.45) is 5.73 Å². The third kappa shape index (κ3) is 3.85. The van der Waals surface area contributed by atoms with Gasteiger partial charge in [0.05, 0.1) is 6.04 Å². The number of aryl methyl sites for hydroxylation is 1. The standard InChI is InChI=1S/C19H25NO/c1-4-14(2)17-11-7-8-12-19(17)21-13-18(20)16-10-6-5-9-15(16)3/h5-12,14,18H,4,13,20H2,1-3H3. The van der Waals surface area contributed by atoms with Crippen LogP contribution in [0.25, 0.3) is 0 Å². The fraction of sp³-hybridized carbons (Fsp3) is 0.368. The molecule has 0 amide bonds. The topological polar surface area (TPSA) is 35.2 Å². The lowest BCUT2D eigenvalue weighted by atomic mass is 9.98. The Morgan fingerprint density at radius 1 is 1.00 bits per heavy atom. The number of benzene rings is 2. The van der Waals surface area contributed by atoms with Crippen LogP contribution in [-0.2, 0) is 0 Å². The highest BCUT2D eigenvalue weighted by atomic mass is 16.5. The molecule has 2 rings (SSSR count). The van der Waals surface area contributed by atoms with E-state index in [4.69, 9.17) is 10.5 Å². The van der Waals surface area contributed by atoms with Gasteiger partial charge < -0.3 is 10.5 Å². The van der Waals surface area contributed by atoms with Gasteiger partial charge in [0, 0.05) is 0 Å². The van der Waals surface area contributed by atoms with Crippen LogP contribution >= 0.6 is 0 Å². The van der Waals surface area contributed by atoms with Crippen molar-refractivity contribution in [1.29, 1.82) is 0 Å². The average molecular weight is 283 g/mol. The molecule has 2 heteroatoms. The molecular weight excluding hydrogens is 258 g/mol. The Balaban J connectivity index is 2.08. The first-order chi connectivity index (χ1) is 10.1. The highest BCUT2D eigenvalue weighted by Crippen LogP contribution is 2.29. The SMILES string of the molecule is CCC(C)c1ccccc1OCC(N)c1ccccc1C. The predicted molar refractivity (Wildman–Crippen MR) is 88.8 cm³/mol. The van der Waals surface area contributed by atoms with Gasteiger partial charge in [0.2, 0.25) is 0 Å². The summed E-state index contributed by atoms with van der Waals surface area (Å²) in [5.74, 6) is 1.45. The quantitative estimate of drug-likeness (QED) is 0.841. The number of ether oxygens (including phenoxy) is 1. The molecule has 0 saturated heterocycles. The summed E-state index contributed by atoms with van der Waals surface area (Å²) in [6.45, 7) is 7.00. The zero-order chi connectivity index (χ0) is 15.2. The summed E-state index contributed by atoms with van der Waals surface area (Å²) >= 11 is 0. The Morgan fingerprint density at radius 2 is 1.62 bits per heavy atom. The highest BCUT2D eigenvalue weighted by Gasteiger charge is 2.13. The van der Waals surface area contributed by atoms with Crippen molar-refractivity contribution in [2.75, 3.05) is 6.61 Å². The van der Waals surface area contributed by atoms with E-state index < -0.39 is 0 Å². The lowest BCUT2D eigenvalue weighted by Gasteiger charge is -2.19. The van der Waals surface area contributed by atoms with Gasteiger partial charge >= 0.3 is 0 Å². The van der Waals surface area contributed by atoms with Crippen LogP contribution in [0.15, 0.2) is 48.5 Å². The Labute approximate surface area is 127 Å². The van der Waals surface area contributed by atoms with Gasteiger partial charge in [0.1, 0.15) is 12.4 Å². The maximum atomic E-state index is 6.28. The second-order valence-corrected chi connectivity index (χ2v) is 5.62. The van der Waals surface area contributed by atoms with E-state index in [0.29, 0.717) is 12.5 Å². The largest absolute Gasteiger partial charge is 0.491 e. The van der Waals surface area contributed by atoms with Crippen LogP contribution in [-0.4, -0.2) is 6.61 Å². The first-order valence-corrected chi connectivity index (χ1v) is 7.66. The second kappa shape index (κ2) is 7.28. The molecule has 0 radical (unpaired) electrons. The van der Waals surface area contributed by atoms with E-state index in [0.717, 1.165) is 17.7 Å². The molecule has 2 nitrogen and oxygen atoms in total. The fourth-order valence-electron chi connectivity index (χ4n) is 2.51. The summed E-state index contributed by atoms with van der Waals surface area (Å²) in [5.41, 5.74) is 9.90. The average Bonchev–Trinajstić information content (AvgIpc) is 2.52. The number of hydrogen-bond acceptors (Lipinski definition) is 2. The van der Waals surface area contributed by atoms with Gasteiger partial charge in [-0.1, -0.05) is 56.3 Å². The fourth-order valence-corrected chi connectivity index (χ4v) is 2.51. The van der Waals surface area contributed by atoms with Crippen molar-refractivity contribution >= 4 is 0 Å². The molecule has 112 valence electrons. The van der Waals surface area contributed by atoms with E-state index in [-0.39, 0.29) is 6.04 Å². The van der Waals surface area contributed by atoms with E-state index in [1.54, 1.807) is 0 Å². The molecule has 2 N–H and O–H groups in total. The Hall–Kier alpha value is -1.80. The van der Waals surface area contributed by atoms with Crippen molar-refractivity contribution in [3.05, 3.63) is 65.2 Å². The zero-order valence-corrected chi connectivity index (χ0v) is 13.2. The van der Waals surface area contributed by atoms with Gasteiger partial charge in [-0.3, -0.25) is 0 Å². The highest BCUT2D eigenvalue weighted by molar-refractivity contribution is 5.36. The Morgan fingerprint density at radius 3 is 2.29 bits per heavy atom. The minimum atomic E-state index is -0.101. The van der Waals surface area contributed by atoms with Crippen LogP contribution in [0, 0.1) is 6.92 Å². The molecule has 0 bridgehead atoms. The summed E-state index contributed by atoms with van der Waals surface area (Å²) in [4.78, 5) is 0. The third-order valence-electron chi connectivity index (χ3n) is 4.07. The molecule has 0 aliphatic rings. The number of rotatable bonds is 6. The molecule has 2 unspecified atom stereocenters. The van der Waals surface area contributed by atoms with E-state index in [1.807, 2.05) is 24.3 Å². The Bertz CT molecular complexity index is 579. The molecule has 2 aromatic rings. The molecule has 2 atom stereocenters. The van der Waals surface area contributed by atoms with Gasteiger partial charge in [0.25, 0.3) is 0 Å². The summed E-state index contributed by atoms with van der Waals surface area (Å²) in [6.07, 6.45) is 1.10. The van der Waals surface area contributed by atoms with Crippen molar-refractivity contribution in [1.82, 2.24) is 0 Å². The number of hydrogen-bond donors (Lipinski definition) is 1. The lowest BCUT2D eigenvalue weighted by molar-refractivity contribution is 0.286. The van der Waals surface area contributed by atoms with Gasteiger partial charge in [-0.15, -0.1) is 0 Å². The van der Waals surface area contributed by atoms with Crippen molar-refractivity contribution in [3.8, 4) is 5.75 Å². The third-order valence-corrected chi connectivity index (χ3v) is 4.07. The molecular formula is C19H25NO. The lowest BCUT2D eigenvalue weighted by Crippen LogP contribution is -2.20. The van der Waals surface area contributed by atoms with Crippen molar-refractivity contribution in [2.45, 2.75) is 39.2 Å². The van der Waals surface area contributed by atoms with E-state index in [9.17, 15) is 0 Å². The van der Waals surface area contributed by atoms with E-state index in [1.165, 1.54) is 11.1 Å². The first kappa shape index (κ1) is 15.6. The van der Waals surface area contributed by atoms with Crippen LogP contribution in [0.5, 0.6) is 5.75 Å².